The number of aryl methyl sites for hydroxylation is 1. The van der Waals surface area contributed by atoms with E-state index in [4.69, 9.17) is 4.74 Å². The lowest BCUT2D eigenvalue weighted by Crippen LogP contribution is -2.08. The van der Waals surface area contributed by atoms with Crippen molar-refractivity contribution in [1.29, 1.82) is 0 Å². The SMILES string of the molecule is CCCNc1cc(Nc2ccn(C)n2)nc(COCC)n1. The van der Waals surface area contributed by atoms with E-state index in [0.717, 1.165) is 24.6 Å². The second-order valence-corrected chi connectivity index (χ2v) is 4.62. The predicted octanol–water partition coefficient (Wildman–Crippen LogP) is 2.31. The van der Waals surface area contributed by atoms with Crippen molar-refractivity contribution < 1.29 is 4.74 Å². The van der Waals surface area contributed by atoms with Gasteiger partial charge in [-0.1, -0.05) is 6.92 Å². The van der Waals surface area contributed by atoms with Gasteiger partial charge in [-0.25, -0.2) is 9.97 Å². The number of hydrogen-bond acceptors (Lipinski definition) is 6. The Bertz CT molecular complexity index is 542. The molecule has 0 aromatic carbocycles. The molecule has 2 aromatic rings. The van der Waals surface area contributed by atoms with Crippen LogP contribution in [0.15, 0.2) is 18.3 Å². The number of nitrogens with zero attached hydrogens (tertiary/aromatic N) is 4. The van der Waals surface area contributed by atoms with Crippen molar-refractivity contribution in [3.63, 3.8) is 0 Å². The van der Waals surface area contributed by atoms with E-state index in [1.807, 2.05) is 32.3 Å². The maximum atomic E-state index is 5.39. The normalized spacial score (nSPS) is 10.6. The van der Waals surface area contributed by atoms with Crippen LogP contribution in [-0.4, -0.2) is 32.9 Å². The van der Waals surface area contributed by atoms with Gasteiger partial charge in [0.2, 0.25) is 0 Å². The summed E-state index contributed by atoms with van der Waals surface area (Å²) in [6, 6.07) is 3.77. The minimum absolute atomic E-state index is 0.398. The van der Waals surface area contributed by atoms with Crippen LogP contribution in [0.2, 0.25) is 0 Å². The molecule has 2 N–H and O–H groups in total. The summed E-state index contributed by atoms with van der Waals surface area (Å²) in [7, 11) is 1.87. The molecule has 2 rings (SSSR count). The van der Waals surface area contributed by atoms with E-state index in [0.29, 0.717) is 24.9 Å². The first-order valence-electron chi connectivity index (χ1n) is 7.17. The minimum Gasteiger partial charge on any atom is -0.374 e. The summed E-state index contributed by atoms with van der Waals surface area (Å²) in [4.78, 5) is 8.89. The van der Waals surface area contributed by atoms with Gasteiger partial charge < -0.3 is 15.4 Å². The van der Waals surface area contributed by atoms with Crippen LogP contribution in [0.3, 0.4) is 0 Å². The van der Waals surface area contributed by atoms with Crippen molar-refractivity contribution in [2.75, 3.05) is 23.8 Å². The number of ether oxygens (including phenoxy) is 1. The van der Waals surface area contributed by atoms with Crippen molar-refractivity contribution in [3.8, 4) is 0 Å². The third-order valence-electron chi connectivity index (χ3n) is 2.73. The quantitative estimate of drug-likeness (QED) is 0.777. The third kappa shape index (κ3) is 4.71. The number of rotatable bonds is 8. The van der Waals surface area contributed by atoms with Crippen LogP contribution < -0.4 is 10.6 Å². The maximum absolute atomic E-state index is 5.39. The molecule has 0 bridgehead atoms. The molecule has 0 amide bonds. The second kappa shape index (κ2) is 7.58. The fourth-order valence-corrected chi connectivity index (χ4v) is 1.78. The van der Waals surface area contributed by atoms with Crippen LogP contribution in [0.4, 0.5) is 17.5 Å². The average Bonchev–Trinajstić information content (AvgIpc) is 2.88. The number of aromatic nitrogens is 4. The van der Waals surface area contributed by atoms with E-state index in [1.165, 1.54) is 0 Å². The van der Waals surface area contributed by atoms with Crippen LogP contribution in [0.1, 0.15) is 26.1 Å². The van der Waals surface area contributed by atoms with E-state index in [-0.39, 0.29) is 0 Å². The number of anilines is 3. The molecule has 7 nitrogen and oxygen atoms in total. The molecule has 2 heterocycles. The van der Waals surface area contributed by atoms with Gasteiger partial charge in [-0.3, -0.25) is 4.68 Å². The lowest BCUT2D eigenvalue weighted by molar-refractivity contribution is 0.128. The average molecular weight is 290 g/mol. The summed E-state index contributed by atoms with van der Waals surface area (Å²) >= 11 is 0. The summed E-state index contributed by atoms with van der Waals surface area (Å²) in [5.74, 6) is 2.90. The number of nitrogens with one attached hydrogen (secondary N) is 2. The molecule has 2 aromatic heterocycles. The molecule has 0 aliphatic heterocycles. The maximum Gasteiger partial charge on any atom is 0.158 e. The van der Waals surface area contributed by atoms with Gasteiger partial charge in [-0.15, -0.1) is 0 Å². The molecular weight excluding hydrogens is 268 g/mol. The fourth-order valence-electron chi connectivity index (χ4n) is 1.78. The van der Waals surface area contributed by atoms with Crippen molar-refractivity contribution in [2.45, 2.75) is 26.9 Å². The molecule has 0 aliphatic carbocycles. The van der Waals surface area contributed by atoms with E-state index < -0.39 is 0 Å². The molecule has 0 aliphatic rings. The highest BCUT2D eigenvalue weighted by molar-refractivity contribution is 5.55. The Morgan fingerprint density at radius 2 is 2.00 bits per heavy atom. The molecule has 21 heavy (non-hydrogen) atoms. The topological polar surface area (TPSA) is 76.9 Å². The molecule has 0 saturated heterocycles. The van der Waals surface area contributed by atoms with Crippen LogP contribution in [0, 0.1) is 0 Å². The molecule has 0 fully saturated rings. The first kappa shape index (κ1) is 15.2. The van der Waals surface area contributed by atoms with Gasteiger partial charge in [0.15, 0.2) is 11.6 Å². The van der Waals surface area contributed by atoms with Crippen LogP contribution >= 0.6 is 0 Å². The van der Waals surface area contributed by atoms with E-state index >= 15 is 0 Å². The molecule has 0 saturated carbocycles. The Hall–Kier alpha value is -2.15. The molecule has 114 valence electrons. The van der Waals surface area contributed by atoms with Gasteiger partial charge in [0.25, 0.3) is 0 Å². The smallest absolute Gasteiger partial charge is 0.158 e. The number of hydrogen-bond donors (Lipinski definition) is 2. The lowest BCUT2D eigenvalue weighted by atomic mass is 10.4. The van der Waals surface area contributed by atoms with E-state index in [2.05, 4.69) is 32.6 Å². The Morgan fingerprint density at radius 1 is 1.19 bits per heavy atom. The Kier molecular flexibility index (Phi) is 5.51. The Morgan fingerprint density at radius 3 is 2.67 bits per heavy atom. The first-order chi connectivity index (χ1) is 10.2. The molecule has 0 radical (unpaired) electrons. The lowest BCUT2D eigenvalue weighted by Gasteiger charge is -2.10. The first-order valence-corrected chi connectivity index (χ1v) is 7.17. The van der Waals surface area contributed by atoms with Crippen LogP contribution in [-0.2, 0) is 18.4 Å². The zero-order valence-corrected chi connectivity index (χ0v) is 12.8. The summed E-state index contributed by atoms with van der Waals surface area (Å²) in [5.41, 5.74) is 0. The summed E-state index contributed by atoms with van der Waals surface area (Å²) in [5, 5.41) is 10.7. The van der Waals surface area contributed by atoms with Gasteiger partial charge in [0.05, 0.1) is 0 Å². The van der Waals surface area contributed by atoms with Crippen molar-refractivity contribution >= 4 is 17.5 Å². The highest BCUT2D eigenvalue weighted by Crippen LogP contribution is 2.16. The molecule has 0 spiro atoms. The van der Waals surface area contributed by atoms with Gasteiger partial charge in [-0.05, 0) is 13.3 Å². The zero-order chi connectivity index (χ0) is 15.1. The summed E-state index contributed by atoms with van der Waals surface area (Å²) in [6.45, 7) is 5.97. The van der Waals surface area contributed by atoms with Crippen molar-refractivity contribution in [2.24, 2.45) is 7.05 Å². The van der Waals surface area contributed by atoms with Crippen LogP contribution in [0.5, 0.6) is 0 Å². The molecule has 7 heteroatoms. The van der Waals surface area contributed by atoms with Gasteiger partial charge >= 0.3 is 0 Å². The standard InChI is InChI=1S/C14H22N6O/c1-4-7-15-12-9-13(16-11-6-8-20(3)19-11)18-14(17-12)10-21-5-2/h6,8-9H,4-5,7,10H2,1-3H3,(H2,15,16,17,18,19). The van der Waals surface area contributed by atoms with E-state index in [9.17, 15) is 0 Å². The summed E-state index contributed by atoms with van der Waals surface area (Å²) in [6.07, 6.45) is 2.91. The molecular formula is C14H22N6O. The van der Waals surface area contributed by atoms with Crippen LogP contribution in [0.25, 0.3) is 0 Å². The van der Waals surface area contributed by atoms with Gasteiger partial charge in [0, 0.05) is 38.5 Å². The molecule has 0 atom stereocenters. The Balaban J connectivity index is 2.16. The monoisotopic (exact) mass is 290 g/mol. The zero-order valence-electron chi connectivity index (χ0n) is 12.8. The minimum atomic E-state index is 0.398. The van der Waals surface area contributed by atoms with Crippen molar-refractivity contribution in [3.05, 3.63) is 24.2 Å². The largest absolute Gasteiger partial charge is 0.374 e. The molecule has 0 unspecified atom stereocenters. The third-order valence-corrected chi connectivity index (χ3v) is 2.73. The highest BCUT2D eigenvalue weighted by Gasteiger charge is 2.06. The summed E-state index contributed by atoms with van der Waals surface area (Å²) < 4.78 is 7.13. The van der Waals surface area contributed by atoms with Gasteiger partial charge in [-0.2, -0.15) is 5.10 Å². The Labute approximate surface area is 124 Å². The highest BCUT2D eigenvalue weighted by atomic mass is 16.5. The van der Waals surface area contributed by atoms with Gasteiger partial charge in [0.1, 0.15) is 18.2 Å². The van der Waals surface area contributed by atoms with E-state index in [1.54, 1.807) is 4.68 Å². The fraction of sp³-hybridized carbons (Fsp3) is 0.500. The van der Waals surface area contributed by atoms with Crippen molar-refractivity contribution in [1.82, 2.24) is 19.7 Å². The predicted molar refractivity (Wildman–Crippen MR) is 82.6 cm³/mol. The second-order valence-electron chi connectivity index (χ2n) is 4.62.